The molecule has 0 N–H and O–H groups in total. The number of alkyl halides is 2. The molecule has 2 atom stereocenters. The van der Waals surface area contributed by atoms with E-state index < -0.39 is 0 Å². The summed E-state index contributed by atoms with van der Waals surface area (Å²) in [4.78, 5) is 0.990. The van der Waals surface area contributed by atoms with Crippen LogP contribution in [0.3, 0.4) is 0 Å². The fourth-order valence-corrected chi connectivity index (χ4v) is 2.71. The summed E-state index contributed by atoms with van der Waals surface area (Å²) in [6, 6.07) is 4.05. The molecule has 1 aliphatic carbocycles. The Labute approximate surface area is 73.8 Å². The van der Waals surface area contributed by atoms with Crippen LogP contribution in [0.25, 0.3) is 0 Å². The smallest absolute Gasteiger partial charge is 0.0965 e. The van der Waals surface area contributed by atoms with E-state index in [2.05, 4.69) is 0 Å². The Morgan fingerprint density at radius 2 is 2.40 bits per heavy atom. The first-order chi connectivity index (χ1) is 4.73. The molecule has 1 saturated carbocycles. The zero-order chi connectivity index (χ0) is 7.19. The minimum Gasteiger partial charge on any atom is -0.147 e. The molecule has 0 amide bonds. The molecule has 2 rings (SSSR count). The maximum atomic E-state index is 6.14. The largest absolute Gasteiger partial charge is 0.147 e. The Bertz CT molecular complexity index is 232. The number of halogens is 2. The van der Waals surface area contributed by atoms with Crippen LogP contribution in [0, 0.1) is 0 Å². The Morgan fingerprint density at radius 1 is 1.70 bits per heavy atom. The maximum absolute atomic E-state index is 6.14. The van der Waals surface area contributed by atoms with Crippen molar-refractivity contribution in [1.82, 2.24) is 0 Å². The van der Waals surface area contributed by atoms with Crippen LogP contribution in [-0.2, 0) is 4.87 Å². The van der Waals surface area contributed by atoms with E-state index in [0.717, 1.165) is 6.42 Å². The summed E-state index contributed by atoms with van der Waals surface area (Å²) in [5.74, 6) is 0. The minimum absolute atomic E-state index is 0.146. The summed E-state index contributed by atoms with van der Waals surface area (Å²) >= 11 is 13.7. The number of thiophene rings is 1. The van der Waals surface area contributed by atoms with E-state index in [4.69, 9.17) is 23.2 Å². The third kappa shape index (κ3) is 0.884. The van der Waals surface area contributed by atoms with Crippen molar-refractivity contribution in [2.75, 3.05) is 0 Å². The molecule has 0 radical (unpaired) electrons. The molecule has 1 heterocycles. The molecule has 1 fully saturated rings. The molecule has 54 valence electrons. The quantitative estimate of drug-likeness (QED) is 0.601. The Kier molecular flexibility index (Phi) is 1.48. The Hall–Kier alpha value is 0.280. The van der Waals surface area contributed by atoms with Crippen molar-refractivity contribution >= 4 is 34.5 Å². The summed E-state index contributed by atoms with van der Waals surface area (Å²) in [5.41, 5.74) is 0. The Morgan fingerprint density at radius 3 is 2.80 bits per heavy atom. The summed E-state index contributed by atoms with van der Waals surface area (Å²) in [5, 5.41) is 2.18. The predicted molar refractivity (Wildman–Crippen MR) is 46.1 cm³/mol. The molecular weight excluding hydrogens is 187 g/mol. The summed E-state index contributed by atoms with van der Waals surface area (Å²) in [6.45, 7) is 0. The normalized spacial score (nSPS) is 38.0. The van der Waals surface area contributed by atoms with Gasteiger partial charge in [-0.15, -0.1) is 34.5 Å². The van der Waals surface area contributed by atoms with Crippen LogP contribution < -0.4 is 0 Å². The molecule has 2 unspecified atom stereocenters. The van der Waals surface area contributed by atoms with Crippen molar-refractivity contribution in [3.05, 3.63) is 22.4 Å². The van der Waals surface area contributed by atoms with E-state index in [1.807, 2.05) is 17.5 Å². The van der Waals surface area contributed by atoms with Gasteiger partial charge in [-0.05, 0) is 17.9 Å². The van der Waals surface area contributed by atoms with Crippen LogP contribution in [0.4, 0.5) is 0 Å². The van der Waals surface area contributed by atoms with Gasteiger partial charge in [-0.25, -0.2) is 0 Å². The fraction of sp³-hybridized carbons (Fsp3) is 0.429. The summed E-state index contributed by atoms with van der Waals surface area (Å²) in [6.07, 6.45) is 0.913. The second kappa shape index (κ2) is 2.13. The highest BCUT2D eigenvalue weighted by Crippen LogP contribution is 2.56. The van der Waals surface area contributed by atoms with Gasteiger partial charge in [0, 0.05) is 4.88 Å². The van der Waals surface area contributed by atoms with Gasteiger partial charge < -0.3 is 0 Å². The lowest BCUT2D eigenvalue weighted by Gasteiger charge is -2.00. The number of hydrogen-bond acceptors (Lipinski definition) is 1. The third-order valence-electron chi connectivity index (χ3n) is 1.74. The molecule has 0 spiro atoms. The molecular formula is C7H6Cl2S. The van der Waals surface area contributed by atoms with Crippen molar-refractivity contribution in [2.45, 2.75) is 16.7 Å². The van der Waals surface area contributed by atoms with Crippen molar-refractivity contribution in [2.24, 2.45) is 0 Å². The molecule has 0 aliphatic heterocycles. The van der Waals surface area contributed by atoms with Crippen LogP contribution in [-0.4, -0.2) is 5.38 Å². The molecule has 3 heteroatoms. The van der Waals surface area contributed by atoms with Gasteiger partial charge in [-0.2, -0.15) is 0 Å². The average molecular weight is 193 g/mol. The zero-order valence-corrected chi connectivity index (χ0v) is 7.51. The van der Waals surface area contributed by atoms with E-state index in [-0.39, 0.29) is 10.3 Å². The van der Waals surface area contributed by atoms with Gasteiger partial charge in [-0.3, -0.25) is 0 Å². The third-order valence-corrected chi connectivity index (χ3v) is 4.16. The van der Waals surface area contributed by atoms with Gasteiger partial charge in [0.1, 0.15) is 0 Å². The lowest BCUT2D eigenvalue weighted by atomic mass is 10.3. The van der Waals surface area contributed by atoms with Crippen LogP contribution >= 0.6 is 34.5 Å². The van der Waals surface area contributed by atoms with E-state index in [1.54, 1.807) is 11.3 Å². The lowest BCUT2D eigenvalue weighted by molar-refractivity contribution is 1.06. The van der Waals surface area contributed by atoms with Crippen LogP contribution in [0.2, 0.25) is 0 Å². The minimum atomic E-state index is -0.213. The highest BCUT2D eigenvalue weighted by Gasteiger charge is 2.54. The topological polar surface area (TPSA) is 0 Å². The van der Waals surface area contributed by atoms with Gasteiger partial charge in [0.15, 0.2) is 0 Å². The molecule has 0 nitrogen and oxygen atoms in total. The second-order valence-corrected chi connectivity index (χ2v) is 4.66. The first kappa shape index (κ1) is 6.96. The van der Waals surface area contributed by atoms with Gasteiger partial charge in [0.05, 0.1) is 10.3 Å². The van der Waals surface area contributed by atoms with E-state index in [1.165, 1.54) is 4.88 Å². The van der Waals surface area contributed by atoms with Crippen LogP contribution in [0.5, 0.6) is 0 Å². The zero-order valence-electron chi connectivity index (χ0n) is 5.18. The monoisotopic (exact) mass is 192 g/mol. The van der Waals surface area contributed by atoms with E-state index in [0.29, 0.717) is 0 Å². The first-order valence-electron chi connectivity index (χ1n) is 3.10. The van der Waals surface area contributed by atoms with Crippen molar-refractivity contribution < 1.29 is 0 Å². The number of hydrogen-bond donors (Lipinski definition) is 0. The Balaban J connectivity index is 2.30. The molecule has 0 bridgehead atoms. The fourth-order valence-electron chi connectivity index (χ4n) is 0.972. The van der Waals surface area contributed by atoms with Gasteiger partial charge >= 0.3 is 0 Å². The molecule has 10 heavy (non-hydrogen) atoms. The standard InChI is InChI=1S/C7H6Cl2S/c8-5-4-7(5,9)6-2-1-3-10-6/h1-3,5H,4H2. The highest BCUT2D eigenvalue weighted by atomic mass is 35.5. The highest BCUT2D eigenvalue weighted by molar-refractivity contribution is 7.10. The number of rotatable bonds is 1. The maximum Gasteiger partial charge on any atom is 0.0965 e. The van der Waals surface area contributed by atoms with Gasteiger partial charge in [-0.1, -0.05) is 6.07 Å². The molecule has 0 aromatic carbocycles. The summed E-state index contributed by atoms with van der Waals surface area (Å²) in [7, 11) is 0. The van der Waals surface area contributed by atoms with Crippen molar-refractivity contribution in [3.8, 4) is 0 Å². The molecule has 1 aromatic heterocycles. The van der Waals surface area contributed by atoms with Crippen molar-refractivity contribution in [1.29, 1.82) is 0 Å². The van der Waals surface area contributed by atoms with Gasteiger partial charge in [0.25, 0.3) is 0 Å². The van der Waals surface area contributed by atoms with E-state index in [9.17, 15) is 0 Å². The van der Waals surface area contributed by atoms with Crippen LogP contribution in [0.15, 0.2) is 17.5 Å². The second-order valence-electron chi connectivity index (χ2n) is 2.51. The first-order valence-corrected chi connectivity index (χ1v) is 4.80. The summed E-state index contributed by atoms with van der Waals surface area (Å²) < 4.78 is 0. The predicted octanol–water partition coefficient (Wildman–Crippen LogP) is 3.19. The average Bonchev–Trinajstić information content (AvgIpc) is 2.35. The lowest BCUT2D eigenvalue weighted by Crippen LogP contribution is -1.95. The van der Waals surface area contributed by atoms with E-state index >= 15 is 0 Å². The molecule has 0 saturated heterocycles. The van der Waals surface area contributed by atoms with Crippen LogP contribution in [0.1, 0.15) is 11.3 Å². The SMILES string of the molecule is ClC1CC1(Cl)c1cccs1. The molecule has 1 aliphatic rings. The van der Waals surface area contributed by atoms with Gasteiger partial charge in [0.2, 0.25) is 0 Å². The molecule has 1 aromatic rings. The van der Waals surface area contributed by atoms with Crippen molar-refractivity contribution in [3.63, 3.8) is 0 Å².